The van der Waals surface area contributed by atoms with Gasteiger partial charge in [-0.05, 0) is 26.1 Å². The summed E-state index contributed by atoms with van der Waals surface area (Å²) in [7, 11) is 3.88. The van der Waals surface area contributed by atoms with Crippen LogP contribution in [-0.4, -0.2) is 58.3 Å². The van der Waals surface area contributed by atoms with E-state index in [1.54, 1.807) is 10.9 Å². The van der Waals surface area contributed by atoms with E-state index in [0.717, 1.165) is 48.9 Å². The Morgan fingerprint density at radius 2 is 1.97 bits per heavy atom. The number of rotatable bonds is 4. The van der Waals surface area contributed by atoms with E-state index in [9.17, 15) is 13.6 Å². The summed E-state index contributed by atoms with van der Waals surface area (Å²) in [6, 6.07) is 3.76. The Bertz CT molecular complexity index is 1110. The lowest BCUT2D eigenvalue weighted by Gasteiger charge is -2.39. The van der Waals surface area contributed by atoms with E-state index < -0.39 is 17.5 Å². The number of likely N-dealkylation sites (N-methyl/N-ethyl adjacent to an activating group) is 1. The predicted molar refractivity (Wildman–Crippen MR) is 117 cm³/mol. The van der Waals surface area contributed by atoms with Crippen molar-refractivity contribution in [1.29, 1.82) is 0 Å². The van der Waals surface area contributed by atoms with Gasteiger partial charge in [0.1, 0.15) is 27.3 Å². The van der Waals surface area contributed by atoms with Crippen LogP contribution >= 0.6 is 11.3 Å². The monoisotopic (exact) mass is 447 g/mol. The van der Waals surface area contributed by atoms with Crippen LogP contribution in [0.15, 0.2) is 24.4 Å². The minimum atomic E-state index is -0.765. The number of nitrogens with zero attached hydrogens (tertiary/aromatic N) is 5. The van der Waals surface area contributed by atoms with Gasteiger partial charge in [-0.1, -0.05) is 17.4 Å². The topological polar surface area (TPSA) is 92.3 Å². The van der Waals surface area contributed by atoms with Gasteiger partial charge in [-0.15, -0.1) is 0 Å². The number of anilines is 3. The van der Waals surface area contributed by atoms with E-state index in [1.165, 1.54) is 6.07 Å². The SMILES string of the molecule is CC1CN(C)CCN1c1c(NC(=O)c2nc(-c3c(F)cccc3F)sc2N)cnn1C. The number of carbonyl (C=O) groups is 1. The number of aromatic nitrogens is 3. The fourth-order valence-electron chi connectivity index (χ4n) is 3.80. The third-order valence-electron chi connectivity index (χ3n) is 5.30. The molecule has 1 saturated heterocycles. The summed E-state index contributed by atoms with van der Waals surface area (Å²) >= 11 is 0.862. The van der Waals surface area contributed by atoms with Gasteiger partial charge >= 0.3 is 0 Å². The summed E-state index contributed by atoms with van der Waals surface area (Å²) in [6.07, 6.45) is 1.57. The van der Waals surface area contributed by atoms with Crippen LogP contribution in [-0.2, 0) is 7.05 Å². The van der Waals surface area contributed by atoms with Crippen molar-refractivity contribution in [2.75, 3.05) is 42.6 Å². The molecule has 0 aliphatic carbocycles. The molecule has 1 aliphatic rings. The van der Waals surface area contributed by atoms with Crippen LogP contribution in [0.3, 0.4) is 0 Å². The van der Waals surface area contributed by atoms with Gasteiger partial charge in [-0.3, -0.25) is 9.48 Å². The standard InChI is InChI=1S/C20H23F2N7OS/c1-11-10-27(2)7-8-29(11)20-14(9-24-28(20)3)25-18(30)16-17(23)31-19(26-16)15-12(21)5-4-6-13(15)22/h4-6,9,11H,7-8,10,23H2,1-3H3,(H,25,30). The first-order valence-electron chi connectivity index (χ1n) is 9.75. The lowest BCUT2D eigenvalue weighted by Crippen LogP contribution is -2.51. The summed E-state index contributed by atoms with van der Waals surface area (Å²) in [5.41, 5.74) is 6.11. The van der Waals surface area contributed by atoms with Crippen LogP contribution in [0.2, 0.25) is 0 Å². The summed E-state index contributed by atoms with van der Waals surface area (Å²) < 4.78 is 29.9. The number of amides is 1. The van der Waals surface area contributed by atoms with Gasteiger partial charge in [0, 0.05) is 32.7 Å². The first-order chi connectivity index (χ1) is 14.8. The lowest BCUT2D eigenvalue weighted by atomic mass is 10.2. The zero-order valence-corrected chi connectivity index (χ0v) is 18.2. The van der Waals surface area contributed by atoms with Crippen molar-refractivity contribution in [2.24, 2.45) is 7.05 Å². The zero-order chi connectivity index (χ0) is 22.3. The highest BCUT2D eigenvalue weighted by molar-refractivity contribution is 7.19. The van der Waals surface area contributed by atoms with Crippen LogP contribution in [0.1, 0.15) is 17.4 Å². The fraction of sp³-hybridized carbons (Fsp3) is 0.350. The van der Waals surface area contributed by atoms with Gasteiger partial charge in [0.15, 0.2) is 11.5 Å². The van der Waals surface area contributed by atoms with Crippen molar-refractivity contribution in [2.45, 2.75) is 13.0 Å². The molecule has 31 heavy (non-hydrogen) atoms. The molecule has 3 aromatic rings. The summed E-state index contributed by atoms with van der Waals surface area (Å²) in [4.78, 5) is 21.5. The number of nitrogen functional groups attached to an aromatic ring is 1. The van der Waals surface area contributed by atoms with Crippen molar-refractivity contribution in [3.8, 4) is 10.6 Å². The third kappa shape index (κ3) is 3.98. The van der Waals surface area contributed by atoms with Crippen molar-refractivity contribution in [3.63, 3.8) is 0 Å². The number of aryl methyl sites for hydroxylation is 1. The average Bonchev–Trinajstić information content (AvgIpc) is 3.25. The molecule has 3 heterocycles. The molecule has 0 spiro atoms. The number of nitrogens with two attached hydrogens (primary N) is 1. The minimum absolute atomic E-state index is 0.0114. The maximum absolute atomic E-state index is 14.1. The van der Waals surface area contributed by atoms with Crippen LogP contribution in [0, 0.1) is 11.6 Å². The molecule has 0 bridgehead atoms. The van der Waals surface area contributed by atoms with Gasteiger partial charge < -0.3 is 20.9 Å². The molecule has 0 saturated carbocycles. The summed E-state index contributed by atoms with van der Waals surface area (Å²) in [6.45, 7) is 4.67. The molecular weight excluding hydrogens is 424 g/mol. The molecule has 8 nitrogen and oxygen atoms in total. The number of halogens is 2. The molecule has 4 rings (SSSR count). The highest BCUT2D eigenvalue weighted by Gasteiger charge is 2.28. The molecule has 11 heteroatoms. The third-order valence-corrected chi connectivity index (χ3v) is 6.21. The van der Waals surface area contributed by atoms with Crippen molar-refractivity contribution >= 4 is 33.8 Å². The molecule has 1 atom stereocenters. The molecule has 0 radical (unpaired) electrons. The van der Waals surface area contributed by atoms with E-state index in [1.807, 2.05) is 7.05 Å². The van der Waals surface area contributed by atoms with Crippen molar-refractivity contribution in [3.05, 3.63) is 41.7 Å². The fourth-order valence-corrected chi connectivity index (χ4v) is 4.68. The number of benzene rings is 1. The van der Waals surface area contributed by atoms with Gasteiger partial charge in [-0.2, -0.15) is 5.10 Å². The summed E-state index contributed by atoms with van der Waals surface area (Å²) in [5.74, 6) is -1.31. The van der Waals surface area contributed by atoms with E-state index >= 15 is 0 Å². The Morgan fingerprint density at radius 1 is 1.26 bits per heavy atom. The van der Waals surface area contributed by atoms with Gasteiger partial charge in [0.25, 0.3) is 5.91 Å². The minimum Gasteiger partial charge on any atom is -0.389 e. The van der Waals surface area contributed by atoms with Crippen molar-refractivity contribution in [1.82, 2.24) is 19.7 Å². The number of carbonyl (C=O) groups excluding carboxylic acids is 1. The van der Waals surface area contributed by atoms with Crippen molar-refractivity contribution < 1.29 is 13.6 Å². The largest absolute Gasteiger partial charge is 0.389 e. The molecule has 1 amide bonds. The van der Waals surface area contributed by atoms with E-state index in [4.69, 9.17) is 5.73 Å². The summed E-state index contributed by atoms with van der Waals surface area (Å²) in [5, 5.41) is 7.19. The Hall–Kier alpha value is -3.05. The predicted octanol–water partition coefficient (Wildman–Crippen LogP) is 2.80. The Labute approximate surface area is 182 Å². The van der Waals surface area contributed by atoms with E-state index in [2.05, 4.69) is 39.2 Å². The Morgan fingerprint density at radius 3 is 2.65 bits per heavy atom. The quantitative estimate of drug-likeness (QED) is 0.639. The Balaban J connectivity index is 1.61. The molecule has 1 fully saturated rings. The number of nitrogens with one attached hydrogen (secondary N) is 1. The molecule has 164 valence electrons. The maximum Gasteiger partial charge on any atom is 0.277 e. The van der Waals surface area contributed by atoms with E-state index in [0.29, 0.717) is 5.69 Å². The van der Waals surface area contributed by atoms with Gasteiger partial charge in [0.05, 0.1) is 11.8 Å². The number of thiazole rings is 1. The molecule has 1 aliphatic heterocycles. The van der Waals surface area contributed by atoms with Crippen LogP contribution in [0.25, 0.3) is 10.6 Å². The second-order valence-electron chi connectivity index (χ2n) is 7.59. The van der Waals surface area contributed by atoms with Crippen LogP contribution < -0.4 is 16.0 Å². The van der Waals surface area contributed by atoms with Gasteiger partial charge in [-0.25, -0.2) is 13.8 Å². The second-order valence-corrected chi connectivity index (χ2v) is 8.62. The molecule has 1 aromatic carbocycles. The number of hydrogen-bond acceptors (Lipinski definition) is 7. The highest BCUT2D eigenvalue weighted by atomic mass is 32.1. The smallest absolute Gasteiger partial charge is 0.277 e. The molecular formula is C20H23F2N7OS. The maximum atomic E-state index is 14.1. The second kappa shape index (κ2) is 8.23. The Kier molecular flexibility index (Phi) is 5.63. The zero-order valence-electron chi connectivity index (χ0n) is 17.4. The highest BCUT2D eigenvalue weighted by Crippen LogP contribution is 2.34. The molecule has 2 aromatic heterocycles. The number of hydrogen-bond donors (Lipinski definition) is 2. The lowest BCUT2D eigenvalue weighted by molar-refractivity contribution is 0.102. The van der Waals surface area contributed by atoms with Crippen LogP contribution in [0.5, 0.6) is 0 Å². The van der Waals surface area contributed by atoms with E-state index in [-0.39, 0.29) is 27.3 Å². The average molecular weight is 448 g/mol. The number of piperazine rings is 1. The van der Waals surface area contributed by atoms with Gasteiger partial charge in [0.2, 0.25) is 0 Å². The van der Waals surface area contributed by atoms with Crippen LogP contribution in [0.4, 0.5) is 25.3 Å². The first-order valence-corrected chi connectivity index (χ1v) is 10.6. The molecule has 3 N–H and O–H groups in total. The normalized spacial score (nSPS) is 17.2. The molecule has 1 unspecified atom stereocenters. The first kappa shape index (κ1) is 21.2.